The fourth-order valence-corrected chi connectivity index (χ4v) is 18.1. The van der Waals surface area contributed by atoms with Gasteiger partial charge in [0.15, 0.2) is 0 Å². The van der Waals surface area contributed by atoms with Crippen LogP contribution in [-0.4, -0.2) is 14.7 Å². The number of nitrogens with one attached hydrogen (secondary N) is 1. The first-order valence-corrected chi connectivity index (χ1v) is 22.1. The molecule has 9 aliphatic rings. The Labute approximate surface area is 273 Å². The molecule has 239 valence electrons. The molecule has 8 fully saturated rings. The first kappa shape index (κ1) is 29.4. The van der Waals surface area contributed by atoms with E-state index in [1.807, 2.05) is 0 Å². The molecule has 1 N–H and O–H groups in total. The van der Waals surface area contributed by atoms with E-state index in [-0.39, 0.29) is 5.41 Å². The zero-order chi connectivity index (χ0) is 30.0. The molecular formula is C37H49NO3PPdS+2. The Morgan fingerprint density at radius 3 is 1.84 bits per heavy atom. The number of benzene rings is 2. The number of unbranched alkanes of at least 4 members (excludes halogenated alkanes) is 1. The Kier molecular flexibility index (Phi) is 6.93. The van der Waals surface area contributed by atoms with Gasteiger partial charge < -0.3 is 0 Å². The van der Waals surface area contributed by atoms with E-state index < -0.39 is 27.5 Å². The van der Waals surface area contributed by atoms with E-state index in [2.05, 4.69) is 44.4 Å². The maximum absolute atomic E-state index is 12.7. The Bertz CT molecular complexity index is 1560. The molecule has 0 amide bonds. The summed E-state index contributed by atoms with van der Waals surface area (Å²) in [6, 6.07) is 8.68. The van der Waals surface area contributed by atoms with Crippen molar-refractivity contribution in [3.05, 3.63) is 41.0 Å². The molecule has 8 saturated carbocycles. The van der Waals surface area contributed by atoms with E-state index in [0.717, 1.165) is 46.0 Å². The molecule has 1 heterocycles. The van der Waals surface area contributed by atoms with Gasteiger partial charge in [-0.3, -0.25) is 0 Å². The van der Waals surface area contributed by atoms with Crippen LogP contribution < -0.4 is 13.3 Å². The van der Waals surface area contributed by atoms with Crippen LogP contribution >= 0.6 is 9.24 Å². The summed E-state index contributed by atoms with van der Waals surface area (Å²) in [5.41, 5.74) is 9.32. The van der Waals surface area contributed by atoms with Crippen LogP contribution in [0.2, 0.25) is 0 Å². The second kappa shape index (κ2) is 10.4. The SMILES string of the molecule is CCCCc1c2c(c(C34CC5CC(CC(C5)C3)C4)c(P)c1C13CC4CC(CC(C4)C1)C3)[NH][Pd+2]([O]S(C)(=O)=O)[c]1ccccc1-2. The van der Waals surface area contributed by atoms with Gasteiger partial charge in [0.1, 0.15) is 0 Å². The first-order valence-electron chi connectivity index (χ1n) is 17.5. The van der Waals surface area contributed by atoms with Crippen molar-refractivity contribution < 1.29 is 28.7 Å². The van der Waals surface area contributed by atoms with Crippen molar-refractivity contribution in [3.8, 4) is 11.1 Å². The summed E-state index contributed by atoms with van der Waals surface area (Å²) in [4.78, 5) is 0. The van der Waals surface area contributed by atoms with Crippen LogP contribution in [-0.2, 0) is 47.7 Å². The van der Waals surface area contributed by atoms with Crippen LogP contribution in [0, 0.1) is 35.5 Å². The van der Waals surface area contributed by atoms with Crippen molar-refractivity contribution >= 4 is 34.4 Å². The van der Waals surface area contributed by atoms with Crippen molar-refractivity contribution in [2.24, 2.45) is 35.5 Å². The number of hydrogen-bond donors (Lipinski definition) is 1. The molecule has 0 saturated heterocycles. The molecule has 44 heavy (non-hydrogen) atoms. The Balaban J connectivity index is 1.34. The summed E-state index contributed by atoms with van der Waals surface area (Å²) in [5, 5.41) is 1.52. The van der Waals surface area contributed by atoms with Gasteiger partial charge >= 0.3 is 275 Å². The van der Waals surface area contributed by atoms with Gasteiger partial charge in [-0.1, -0.05) is 0 Å². The fourth-order valence-electron chi connectivity index (χ4n) is 12.8. The summed E-state index contributed by atoms with van der Waals surface area (Å²) >= 11 is -2.22. The number of rotatable bonds is 7. The third-order valence-corrected chi connectivity index (χ3v) is 18.4. The number of hydrogen-bond acceptors (Lipinski definition) is 4. The van der Waals surface area contributed by atoms with Crippen LogP contribution in [0.4, 0.5) is 5.69 Å². The summed E-state index contributed by atoms with van der Waals surface area (Å²) in [6.07, 6.45) is 21.4. The predicted octanol–water partition coefficient (Wildman–Crippen LogP) is 7.61. The molecule has 1 unspecified atom stereocenters. The van der Waals surface area contributed by atoms with Crippen LogP contribution in [0.5, 0.6) is 0 Å². The molecule has 8 bridgehead atoms. The summed E-state index contributed by atoms with van der Waals surface area (Å²) in [5.74, 6) is 5.23. The summed E-state index contributed by atoms with van der Waals surface area (Å²) < 4.78 is 36.4. The molecule has 4 nitrogen and oxygen atoms in total. The van der Waals surface area contributed by atoms with Crippen molar-refractivity contribution in [3.63, 3.8) is 0 Å². The quantitative estimate of drug-likeness (QED) is 0.236. The van der Waals surface area contributed by atoms with E-state index in [0.29, 0.717) is 5.41 Å². The van der Waals surface area contributed by atoms with Gasteiger partial charge in [0, 0.05) is 0 Å². The van der Waals surface area contributed by atoms with E-state index in [1.165, 1.54) is 118 Å². The zero-order valence-electron chi connectivity index (χ0n) is 26.4. The van der Waals surface area contributed by atoms with Crippen molar-refractivity contribution in [2.45, 2.75) is 114 Å². The topological polar surface area (TPSA) is 55.4 Å². The van der Waals surface area contributed by atoms with Crippen LogP contribution in [0.25, 0.3) is 11.1 Å². The van der Waals surface area contributed by atoms with E-state index in [1.54, 1.807) is 16.7 Å². The molecule has 11 rings (SSSR count). The second-order valence-electron chi connectivity index (χ2n) is 16.4. The summed E-state index contributed by atoms with van der Waals surface area (Å²) in [7, 11) is -0.200. The number of fused-ring (bicyclic) bond motifs is 3. The van der Waals surface area contributed by atoms with Crippen LogP contribution in [0.3, 0.4) is 0 Å². The second-order valence-corrected chi connectivity index (χ2v) is 21.5. The standard InChI is InChI=1S/C36H46NP.CH4O3S.Pd/c1-2-3-9-29-30(28-7-5-4-6-8-28)33(37)32(36-19-25-13-26(20-36)15-27(14-25)21-36)34(38)31(29)35-16-22-10-23(17-35)12-24(11-22)18-35;1-5(2,3)4;/h4-7,22-27,37H,2-3,9-21,38H2,1H3;1H3,(H,2,3,4);/q-1;;+4/p-1. The van der Waals surface area contributed by atoms with Crippen molar-refractivity contribution in [1.29, 1.82) is 0 Å². The van der Waals surface area contributed by atoms with Gasteiger partial charge in [0.2, 0.25) is 0 Å². The van der Waals surface area contributed by atoms with E-state index in [9.17, 15) is 8.42 Å². The molecular weight excluding hydrogens is 676 g/mol. The average molecular weight is 725 g/mol. The van der Waals surface area contributed by atoms with Crippen molar-refractivity contribution in [1.82, 2.24) is 0 Å². The molecule has 0 aromatic heterocycles. The molecule has 1 atom stereocenters. The van der Waals surface area contributed by atoms with Gasteiger partial charge in [-0.2, -0.15) is 0 Å². The van der Waals surface area contributed by atoms with Gasteiger partial charge in [0.05, 0.1) is 0 Å². The molecule has 1 aliphatic heterocycles. The average Bonchev–Trinajstić information content (AvgIpc) is 2.93. The normalized spacial score (nSPS) is 38.5. The summed E-state index contributed by atoms with van der Waals surface area (Å²) in [6.45, 7) is 2.33. The zero-order valence-corrected chi connectivity index (χ0v) is 29.9. The predicted molar refractivity (Wildman–Crippen MR) is 179 cm³/mol. The molecule has 2 aromatic rings. The van der Waals surface area contributed by atoms with Crippen molar-refractivity contribution in [2.75, 3.05) is 10.2 Å². The fraction of sp³-hybridized carbons (Fsp3) is 0.676. The minimum atomic E-state index is -3.62. The molecule has 0 spiro atoms. The first-order chi connectivity index (χ1) is 21.1. The monoisotopic (exact) mass is 724 g/mol. The van der Waals surface area contributed by atoms with Gasteiger partial charge in [-0.05, 0) is 0 Å². The Morgan fingerprint density at radius 1 is 0.841 bits per heavy atom. The molecule has 0 radical (unpaired) electrons. The third-order valence-electron chi connectivity index (χ3n) is 13.1. The van der Waals surface area contributed by atoms with Gasteiger partial charge in [0.25, 0.3) is 0 Å². The molecule has 7 heteroatoms. The minimum absolute atomic E-state index is 0.190. The van der Waals surface area contributed by atoms with Crippen LogP contribution in [0.1, 0.15) is 114 Å². The maximum atomic E-state index is 12.7. The number of anilines is 1. The Morgan fingerprint density at radius 2 is 1.34 bits per heavy atom. The van der Waals surface area contributed by atoms with E-state index in [4.69, 9.17) is 2.91 Å². The van der Waals surface area contributed by atoms with Crippen LogP contribution in [0.15, 0.2) is 24.3 Å². The van der Waals surface area contributed by atoms with E-state index >= 15 is 0 Å². The van der Waals surface area contributed by atoms with Gasteiger partial charge in [-0.15, -0.1) is 0 Å². The van der Waals surface area contributed by atoms with Gasteiger partial charge in [-0.25, -0.2) is 0 Å². The molecule has 2 aromatic carbocycles. The Hall–Kier alpha value is -0.758. The molecule has 8 aliphatic carbocycles. The third kappa shape index (κ3) is 4.54.